The first-order valence-corrected chi connectivity index (χ1v) is 8.04. The quantitative estimate of drug-likeness (QED) is 0.504. The van der Waals surface area contributed by atoms with E-state index in [2.05, 4.69) is 15.0 Å². The highest BCUT2D eigenvalue weighted by molar-refractivity contribution is 7.71. The molecule has 2 aromatic rings. The second-order valence-corrected chi connectivity index (χ2v) is 6.30. The lowest BCUT2D eigenvalue weighted by molar-refractivity contribution is 0.373. The van der Waals surface area contributed by atoms with Gasteiger partial charge in [0.25, 0.3) is 0 Å². The Kier molecular flexibility index (Phi) is 4.46. The first kappa shape index (κ1) is 15.0. The molecule has 0 spiro atoms. The summed E-state index contributed by atoms with van der Waals surface area (Å²) in [7, 11) is -4.30. The molecule has 0 saturated heterocycles. The first-order chi connectivity index (χ1) is 9.35. The summed E-state index contributed by atoms with van der Waals surface area (Å²) in [5.41, 5.74) is 0.564. The number of rotatable bonds is 4. The normalized spacial score (nSPS) is 11.3. The average Bonchev–Trinajstić information content (AvgIpc) is 2.35. The van der Waals surface area contributed by atoms with E-state index in [0.717, 1.165) is 0 Å². The van der Waals surface area contributed by atoms with Crippen LogP contribution in [0.5, 0.6) is 0 Å². The van der Waals surface area contributed by atoms with Crippen molar-refractivity contribution < 1.29 is 14.4 Å². The Morgan fingerprint density at radius 1 is 1.20 bits per heavy atom. The summed E-state index contributed by atoms with van der Waals surface area (Å²) in [6.07, 6.45) is -0.534. The molecule has 1 aromatic heterocycles. The number of aromatic amines is 2. The molecule has 7 nitrogen and oxygen atoms in total. The molecule has 4 N–H and O–H groups in total. The minimum absolute atomic E-state index is 0.135. The van der Waals surface area contributed by atoms with E-state index < -0.39 is 13.9 Å². The zero-order valence-electron chi connectivity index (χ0n) is 10.1. The van der Waals surface area contributed by atoms with Gasteiger partial charge in [-0.3, -0.25) is 9.46 Å². The van der Waals surface area contributed by atoms with Crippen LogP contribution in [0, 0.1) is 9.54 Å². The molecule has 2 rings (SSSR count). The van der Waals surface area contributed by atoms with Crippen LogP contribution in [-0.2, 0) is 4.57 Å². The monoisotopic (exact) mass is 330 g/mol. The van der Waals surface area contributed by atoms with Crippen LogP contribution in [0.15, 0.2) is 30.3 Å². The van der Waals surface area contributed by atoms with E-state index >= 15 is 0 Å². The Labute approximate surface area is 124 Å². The molecule has 0 saturated carbocycles. The highest BCUT2D eigenvalue weighted by Crippen LogP contribution is 2.39. The standard InChI is InChI=1S/C10H11N4O3PS2/c15-18(16,17)6-14(7-4-2-1-3-5-7)8-11-9(19)13-10(20)12-8/h1-5H,6H2,(H2,15,16,17)(H2,11,12,13,19,20). The van der Waals surface area contributed by atoms with Gasteiger partial charge >= 0.3 is 7.60 Å². The number of hydrogen-bond donors (Lipinski definition) is 4. The smallest absolute Gasteiger partial charge is 0.323 e. The van der Waals surface area contributed by atoms with Crippen LogP contribution < -0.4 is 4.90 Å². The minimum Gasteiger partial charge on any atom is -0.323 e. The van der Waals surface area contributed by atoms with Crippen molar-refractivity contribution in [3.8, 4) is 0 Å². The fourth-order valence-electron chi connectivity index (χ4n) is 1.57. The van der Waals surface area contributed by atoms with Crippen LogP contribution in [0.4, 0.5) is 11.6 Å². The number of aromatic nitrogens is 3. The highest BCUT2D eigenvalue weighted by Gasteiger charge is 2.22. The zero-order chi connectivity index (χ0) is 14.8. The predicted molar refractivity (Wildman–Crippen MR) is 80.1 cm³/mol. The Balaban J connectivity index is 2.54. The molecule has 0 atom stereocenters. The van der Waals surface area contributed by atoms with Crippen LogP contribution in [-0.4, -0.2) is 31.0 Å². The lowest BCUT2D eigenvalue weighted by Crippen LogP contribution is -2.21. The number of benzene rings is 1. The van der Waals surface area contributed by atoms with E-state index in [-0.39, 0.29) is 15.5 Å². The SMILES string of the molecule is O=P(O)(O)CN(c1ccccc1)c1nc(=S)[nH]c(=S)[nH]1. The van der Waals surface area contributed by atoms with Crippen LogP contribution in [0.2, 0.25) is 0 Å². The second-order valence-electron chi connectivity index (χ2n) is 3.89. The molecule has 0 aliphatic carbocycles. The maximum absolute atomic E-state index is 11.3. The lowest BCUT2D eigenvalue weighted by atomic mass is 10.3. The highest BCUT2D eigenvalue weighted by atomic mass is 32.1. The predicted octanol–water partition coefficient (Wildman–Crippen LogP) is 2.47. The molecule has 20 heavy (non-hydrogen) atoms. The topological polar surface area (TPSA) is 105 Å². The van der Waals surface area contributed by atoms with Crippen LogP contribution in [0.3, 0.4) is 0 Å². The van der Waals surface area contributed by atoms with Gasteiger partial charge in [0.05, 0.1) is 0 Å². The third kappa shape index (κ3) is 4.06. The summed E-state index contributed by atoms with van der Waals surface area (Å²) < 4.78 is 11.7. The Hall–Kier alpha value is -1.38. The van der Waals surface area contributed by atoms with Crippen molar-refractivity contribution in [2.24, 2.45) is 0 Å². The third-order valence-corrected chi connectivity index (χ3v) is 3.35. The van der Waals surface area contributed by atoms with Crippen molar-refractivity contribution in [1.29, 1.82) is 0 Å². The van der Waals surface area contributed by atoms with E-state index in [9.17, 15) is 14.4 Å². The average molecular weight is 330 g/mol. The van der Waals surface area contributed by atoms with Gasteiger partial charge in [-0.2, -0.15) is 4.98 Å². The molecular formula is C10H11N4O3PS2. The van der Waals surface area contributed by atoms with Crippen LogP contribution in [0.1, 0.15) is 0 Å². The van der Waals surface area contributed by atoms with Gasteiger partial charge in [-0.15, -0.1) is 0 Å². The molecule has 0 amide bonds. The molecule has 1 heterocycles. The molecule has 0 unspecified atom stereocenters. The maximum atomic E-state index is 11.3. The van der Waals surface area contributed by atoms with E-state index in [0.29, 0.717) is 5.69 Å². The van der Waals surface area contributed by atoms with Gasteiger partial charge in [-0.1, -0.05) is 18.2 Å². The van der Waals surface area contributed by atoms with E-state index in [1.807, 2.05) is 0 Å². The zero-order valence-corrected chi connectivity index (χ0v) is 12.6. The molecular weight excluding hydrogens is 319 g/mol. The molecule has 106 valence electrons. The molecule has 1 aromatic carbocycles. The third-order valence-electron chi connectivity index (χ3n) is 2.30. The fourth-order valence-corrected chi connectivity index (χ4v) is 2.68. The van der Waals surface area contributed by atoms with Crippen molar-refractivity contribution in [1.82, 2.24) is 15.0 Å². The Bertz CT molecular complexity index is 727. The van der Waals surface area contributed by atoms with Gasteiger partial charge in [0.1, 0.15) is 6.29 Å². The van der Waals surface area contributed by atoms with Gasteiger partial charge in [-0.25, -0.2) is 0 Å². The van der Waals surface area contributed by atoms with Gasteiger partial charge in [0.15, 0.2) is 4.77 Å². The van der Waals surface area contributed by atoms with Gasteiger partial charge in [0, 0.05) is 5.69 Å². The molecule has 0 aliphatic rings. The summed E-state index contributed by atoms with van der Waals surface area (Å²) >= 11 is 9.88. The number of nitrogens with one attached hydrogen (secondary N) is 2. The van der Waals surface area contributed by atoms with Crippen molar-refractivity contribution in [3.05, 3.63) is 39.9 Å². The molecule has 10 heteroatoms. The Morgan fingerprint density at radius 3 is 2.40 bits per heavy atom. The molecule has 0 aliphatic heterocycles. The summed E-state index contributed by atoms with van der Waals surface area (Å²) in [6.45, 7) is 0. The minimum atomic E-state index is -4.30. The lowest BCUT2D eigenvalue weighted by Gasteiger charge is -2.23. The number of para-hydroxylation sites is 1. The number of hydrogen-bond acceptors (Lipinski definition) is 5. The number of anilines is 2. The van der Waals surface area contributed by atoms with E-state index in [1.165, 1.54) is 4.90 Å². The van der Waals surface area contributed by atoms with Crippen molar-refractivity contribution in [2.75, 3.05) is 11.2 Å². The first-order valence-electron chi connectivity index (χ1n) is 5.43. The van der Waals surface area contributed by atoms with Gasteiger partial charge < -0.3 is 19.8 Å². The van der Waals surface area contributed by atoms with E-state index in [1.54, 1.807) is 30.3 Å². The molecule has 0 bridgehead atoms. The largest absolute Gasteiger partial charge is 0.345 e. The number of nitrogens with zero attached hydrogens (tertiary/aromatic N) is 2. The van der Waals surface area contributed by atoms with E-state index in [4.69, 9.17) is 24.4 Å². The Morgan fingerprint density at radius 2 is 1.85 bits per heavy atom. The van der Waals surface area contributed by atoms with Gasteiger partial charge in [-0.05, 0) is 36.6 Å². The van der Waals surface area contributed by atoms with Crippen LogP contribution in [0.25, 0.3) is 0 Å². The summed E-state index contributed by atoms with van der Waals surface area (Å²) in [5, 5.41) is 0. The van der Waals surface area contributed by atoms with Crippen molar-refractivity contribution in [3.63, 3.8) is 0 Å². The van der Waals surface area contributed by atoms with Crippen molar-refractivity contribution in [2.45, 2.75) is 0 Å². The summed E-state index contributed by atoms with van der Waals surface area (Å²) in [4.78, 5) is 29.1. The summed E-state index contributed by atoms with van der Waals surface area (Å²) in [6, 6.07) is 8.70. The van der Waals surface area contributed by atoms with Gasteiger partial charge in [0.2, 0.25) is 10.7 Å². The fraction of sp³-hybridized carbons (Fsp3) is 0.100. The maximum Gasteiger partial charge on any atom is 0.345 e. The second kappa shape index (κ2) is 5.94. The molecule has 0 fully saturated rings. The summed E-state index contributed by atoms with van der Waals surface area (Å²) in [5.74, 6) is 0.174. The number of H-pyrrole nitrogens is 2. The molecule has 0 radical (unpaired) electrons. The van der Waals surface area contributed by atoms with Crippen molar-refractivity contribution >= 4 is 43.7 Å². The van der Waals surface area contributed by atoms with Crippen LogP contribution >= 0.6 is 32.0 Å².